The zero-order chi connectivity index (χ0) is 34.2. The fourth-order valence-corrected chi connectivity index (χ4v) is 7.57. The van der Waals surface area contributed by atoms with E-state index in [2.05, 4.69) is 5.32 Å². The van der Waals surface area contributed by atoms with E-state index < -0.39 is 105 Å². The summed E-state index contributed by atoms with van der Waals surface area (Å²) in [6, 6.07) is -1.18. The van der Waals surface area contributed by atoms with Crippen LogP contribution >= 0.6 is 0 Å². The van der Waals surface area contributed by atoms with E-state index in [4.69, 9.17) is 29.4 Å². The molecule has 2 heterocycles. The molecule has 5 unspecified atom stereocenters. The van der Waals surface area contributed by atoms with Crippen molar-refractivity contribution < 1.29 is 63.9 Å². The van der Waals surface area contributed by atoms with Crippen LogP contribution in [0, 0.1) is 11.8 Å². The van der Waals surface area contributed by atoms with Crippen LogP contribution in [0.2, 0.25) is 0 Å². The van der Waals surface area contributed by atoms with Gasteiger partial charge in [0.1, 0.15) is 48.8 Å². The molecule has 47 heavy (non-hydrogen) atoms. The highest BCUT2D eigenvalue weighted by Gasteiger charge is 2.51. The number of aliphatic hydroxyl groups is 5. The molecule has 0 spiro atoms. The first-order chi connectivity index (χ1) is 22.5. The summed E-state index contributed by atoms with van der Waals surface area (Å²) in [6.07, 6.45) is -5.37. The Balaban J connectivity index is 1.55. The van der Waals surface area contributed by atoms with Gasteiger partial charge >= 0.3 is 5.97 Å². The molecule has 2 saturated heterocycles. The van der Waals surface area contributed by atoms with Gasteiger partial charge < -0.3 is 65.4 Å². The van der Waals surface area contributed by atoms with Crippen LogP contribution in [0.25, 0.3) is 0 Å². The minimum Gasteiger partial charge on any atom is -0.479 e. The topological polar surface area (TPSA) is 240 Å². The summed E-state index contributed by atoms with van der Waals surface area (Å²) >= 11 is 0. The van der Waals surface area contributed by atoms with Crippen LogP contribution in [0.15, 0.2) is 0 Å². The van der Waals surface area contributed by atoms with Crippen molar-refractivity contribution in [2.45, 2.75) is 158 Å². The molecular weight excluding hydrogens is 620 g/mol. The van der Waals surface area contributed by atoms with E-state index in [-0.39, 0.29) is 24.9 Å². The highest BCUT2D eigenvalue weighted by atomic mass is 16.7. The van der Waals surface area contributed by atoms with Crippen molar-refractivity contribution in [1.82, 2.24) is 5.32 Å². The molecule has 4 aliphatic rings. The predicted molar refractivity (Wildman–Crippen MR) is 165 cm³/mol. The first kappa shape index (κ1) is 38.3. The number of hydrogen-bond donors (Lipinski definition) is 8. The number of ether oxygens (including phenoxy) is 5. The van der Waals surface area contributed by atoms with Crippen molar-refractivity contribution in [3.8, 4) is 0 Å². The maximum absolute atomic E-state index is 12.7. The summed E-state index contributed by atoms with van der Waals surface area (Å²) in [6.45, 7) is 2.50. The van der Waals surface area contributed by atoms with Crippen molar-refractivity contribution in [2.24, 2.45) is 17.6 Å². The Labute approximate surface area is 276 Å². The number of aliphatic carboxylic acids is 1. The average Bonchev–Trinajstić information content (AvgIpc) is 3.07. The van der Waals surface area contributed by atoms with Gasteiger partial charge in [0.25, 0.3) is 0 Å². The molecule has 272 valence electrons. The van der Waals surface area contributed by atoms with E-state index in [9.17, 15) is 40.2 Å². The fourth-order valence-electron chi connectivity index (χ4n) is 7.57. The van der Waals surface area contributed by atoms with Gasteiger partial charge in [0.15, 0.2) is 12.4 Å². The molecule has 0 aromatic heterocycles. The number of carbonyl (C=O) groups is 2. The molecule has 15 nitrogen and oxygen atoms in total. The zero-order valence-electron chi connectivity index (χ0n) is 27.5. The Bertz CT molecular complexity index is 987. The van der Waals surface area contributed by atoms with E-state index in [1.54, 1.807) is 6.92 Å². The van der Waals surface area contributed by atoms with Gasteiger partial charge in [-0.25, -0.2) is 4.79 Å². The summed E-state index contributed by atoms with van der Waals surface area (Å²) < 4.78 is 30.7. The molecule has 0 aromatic rings. The molecule has 2 aliphatic carbocycles. The van der Waals surface area contributed by atoms with Crippen molar-refractivity contribution in [3.05, 3.63) is 0 Å². The monoisotopic (exact) mass is 676 g/mol. The average molecular weight is 677 g/mol. The molecule has 9 N–H and O–H groups in total. The van der Waals surface area contributed by atoms with Gasteiger partial charge in [-0.3, -0.25) is 4.79 Å². The van der Waals surface area contributed by atoms with Gasteiger partial charge in [-0.1, -0.05) is 51.9 Å². The summed E-state index contributed by atoms with van der Waals surface area (Å²) in [5.41, 5.74) is 5.62. The van der Waals surface area contributed by atoms with Gasteiger partial charge in [0, 0.05) is 0 Å². The van der Waals surface area contributed by atoms with Crippen LogP contribution in [-0.4, -0.2) is 142 Å². The Hall–Kier alpha value is -1.50. The lowest BCUT2D eigenvalue weighted by Crippen LogP contribution is -2.67. The molecular formula is C32H56N2O13. The largest absolute Gasteiger partial charge is 0.479 e. The van der Waals surface area contributed by atoms with Crippen molar-refractivity contribution in [2.75, 3.05) is 19.8 Å². The molecule has 2 aliphatic heterocycles. The number of carboxylic acid groups (broad SMARTS) is 1. The lowest BCUT2D eigenvalue weighted by molar-refractivity contribution is -0.306. The van der Waals surface area contributed by atoms with Crippen LogP contribution in [0.3, 0.4) is 0 Å². The number of carbonyl (C=O) groups excluding carboxylic acids is 1. The van der Waals surface area contributed by atoms with Crippen LogP contribution in [0.1, 0.15) is 78.1 Å². The number of hydrogen-bond acceptors (Lipinski definition) is 13. The lowest BCUT2D eigenvalue weighted by Gasteiger charge is -2.47. The van der Waals surface area contributed by atoms with E-state index in [0.29, 0.717) is 6.42 Å². The third-order valence-electron chi connectivity index (χ3n) is 10.4. The van der Waals surface area contributed by atoms with E-state index in [1.807, 2.05) is 6.92 Å². The number of nitrogens with one attached hydrogen (secondary N) is 1. The Morgan fingerprint density at radius 2 is 1.64 bits per heavy atom. The molecule has 0 bridgehead atoms. The molecule has 2 saturated carbocycles. The van der Waals surface area contributed by atoms with Gasteiger partial charge in [-0.2, -0.15) is 0 Å². The third kappa shape index (κ3) is 9.60. The lowest BCUT2D eigenvalue weighted by atomic mass is 9.82. The van der Waals surface area contributed by atoms with Gasteiger partial charge in [0.2, 0.25) is 5.91 Å². The fraction of sp³-hybridized carbons (Fsp3) is 0.938. The molecule has 1 amide bonds. The number of aliphatic hydroxyl groups excluding tert-OH is 5. The molecule has 4 rings (SSSR count). The van der Waals surface area contributed by atoms with E-state index in [1.165, 1.54) is 0 Å². The van der Waals surface area contributed by atoms with E-state index >= 15 is 0 Å². The van der Waals surface area contributed by atoms with Crippen LogP contribution < -0.4 is 11.1 Å². The second-order valence-electron chi connectivity index (χ2n) is 13.6. The second kappa shape index (κ2) is 17.9. The molecule has 0 aromatic carbocycles. The molecule has 4 fully saturated rings. The van der Waals surface area contributed by atoms with Crippen molar-refractivity contribution in [3.63, 3.8) is 0 Å². The van der Waals surface area contributed by atoms with Crippen molar-refractivity contribution >= 4 is 11.9 Å². The highest BCUT2D eigenvalue weighted by molar-refractivity contribution is 5.78. The number of rotatable bonds is 14. The minimum atomic E-state index is -1.49. The van der Waals surface area contributed by atoms with E-state index in [0.717, 1.165) is 51.4 Å². The Morgan fingerprint density at radius 3 is 2.28 bits per heavy atom. The van der Waals surface area contributed by atoms with Gasteiger partial charge in [-0.15, -0.1) is 0 Å². The maximum Gasteiger partial charge on any atom is 0.332 e. The van der Waals surface area contributed by atoms with Crippen LogP contribution in [0.5, 0.6) is 0 Å². The third-order valence-corrected chi connectivity index (χ3v) is 10.4. The smallest absolute Gasteiger partial charge is 0.332 e. The normalized spacial score (nSPS) is 40.9. The minimum absolute atomic E-state index is 0.0289. The summed E-state index contributed by atoms with van der Waals surface area (Å²) in [5.74, 6) is -1.62. The van der Waals surface area contributed by atoms with Crippen molar-refractivity contribution in [1.29, 1.82) is 0 Å². The number of carboxylic acids is 1. The number of amides is 1. The van der Waals surface area contributed by atoms with Gasteiger partial charge in [-0.05, 0) is 38.0 Å². The summed E-state index contributed by atoms with van der Waals surface area (Å²) in [7, 11) is 0. The number of nitrogens with two attached hydrogens (primary N) is 1. The predicted octanol–water partition coefficient (Wildman–Crippen LogP) is -0.833. The quantitative estimate of drug-likeness (QED) is 0.112. The van der Waals surface area contributed by atoms with Crippen LogP contribution in [-0.2, 0) is 33.3 Å². The molecule has 15 heteroatoms. The summed E-state index contributed by atoms with van der Waals surface area (Å²) in [5, 5.41) is 65.1. The Kier molecular flexibility index (Phi) is 14.6. The first-order valence-corrected chi connectivity index (χ1v) is 17.3. The standard InChI is InChI=1S/C32H56N2O13/c1-3-18-10-7-11-19(29(18)43-15-22-26(38)28(40)25(37)16(2)44-22)46-32-24(34-23(36)13-33)30(27(39)21(14-35)47-32)45-20(31(41)42)12-17-8-5-4-6-9-17/h16-22,24-30,32,35,37-40H,3-15,33H2,1-2H3,(H,34,36)(H,41,42)/t16?,18?,19-,20+,21+,22+,24?,25-,26?,27+,28+,29-,30?,32-/m1/s1. The highest BCUT2D eigenvalue weighted by Crippen LogP contribution is 2.36. The SMILES string of the molecule is CCC1CCC[C@@H](O[C@@H]2O[C@@H](CO)[C@H](O)C(O[C@@H](CC3CCCCC3)C(=O)O)C2NC(=O)CN)[C@@H]1OC[C@@H]1OC(C)[C@@H](O)[C@H](O)C1O. The maximum atomic E-state index is 12.7. The first-order valence-electron chi connectivity index (χ1n) is 17.3. The summed E-state index contributed by atoms with van der Waals surface area (Å²) in [4.78, 5) is 25.0. The molecule has 0 radical (unpaired) electrons. The van der Waals surface area contributed by atoms with Crippen LogP contribution in [0.4, 0.5) is 0 Å². The Morgan fingerprint density at radius 1 is 0.915 bits per heavy atom. The molecule has 14 atom stereocenters. The second-order valence-corrected chi connectivity index (χ2v) is 13.6. The van der Waals surface area contributed by atoms with Gasteiger partial charge in [0.05, 0.1) is 38.1 Å². The zero-order valence-corrected chi connectivity index (χ0v) is 27.5.